The second-order valence-corrected chi connectivity index (χ2v) is 4.42. The lowest BCUT2D eigenvalue weighted by molar-refractivity contribution is 0.0696. The smallest absolute Gasteiger partial charge is 0.338 e. The second kappa shape index (κ2) is 6.15. The van der Waals surface area contributed by atoms with Gasteiger partial charge < -0.3 is 9.52 Å². The fourth-order valence-electron chi connectivity index (χ4n) is 1.77. The quantitative estimate of drug-likeness (QED) is 0.861. The highest BCUT2D eigenvalue weighted by Gasteiger charge is 2.10. The van der Waals surface area contributed by atoms with Gasteiger partial charge in [0.15, 0.2) is 0 Å². The van der Waals surface area contributed by atoms with Gasteiger partial charge in [-0.15, -0.1) is 0 Å². The van der Waals surface area contributed by atoms with E-state index in [1.54, 1.807) is 12.3 Å². The maximum absolute atomic E-state index is 10.7. The van der Waals surface area contributed by atoms with Crippen LogP contribution in [-0.4, -0.2) is 34.6 Å². The molecule has 0 saturated heterocycles. The van der Waals surface area contributed by atoms with Crippen LogP contribution in [0.25, 0.3) is 0 Å². The molecule has 2 aromatic rings. The largest absolute Gasteiger partial charge is 0.478 e. The standard InChI is InChI=1S/C14H16N2O3/c1-16(7-5-12-4-2-3-6-15-12)9-13-8-11(10-19-13)14(17)18/h2-4,6,8,10H,5,7,9H2,1H3,(H,17,18). The summed E-state index contributed by atoms with van der Waals surface area (Å²) in [6.45, 7) is 1.42. The molecule has 0 spiro atoms. The van der Waals surface area contributed by atoms with Crippen LogP contribution in [-0.2, 0) is 13.0 Å². The van der Waals surface area contributed by atoms with Crippen molar-refractivity contribution in [3.05, 3.63) is 53.7 Å². The van der Waals surface area contributed by atoms with E-state index in [1.165, 1.54) is 6.26 Å². The van der Waals surface area contributed by atoms with Crippen LogP contribution >= 0.6 is 0 Å². The number of nitrogens with zero attached hydrogens (tertiary/aromatic N) is 2. The van der Waals surface area contributed by atoms with Crippen LogP contribution in [0.3, 0.4) is 0 Å². The number of rotatable bonds is 6. The van der Waals surface area contributed by atoms with Gasteiger partial charge in [-0.2, -0.15) is 0 Å². The van der Waals surface area contributed by atoms with Crippen molar-refractivity contribution < 1.29 is 14.3 Å². The Balaban J connectivity index is 1.83. The van der Waals surface area contributed by atoms with E-state index in [9.17, 15) is 4.79 Å². The minimum atomic E-state index is -0.967. The van der Waals surface area contributed by atoms with Gasteiger partial charge >= 0.3 is 5.97 Å². The summed E-state index contributed by atoms with van der Waals surface area (Å²) in [4.78, 5) is 17.1. The summed E-state index contributed by atoms with van der Waals surface area (Å²) in [7, 11) is 1.96. The third kappa shape index (κ3) is 3.93. The monoisotopic (exact) mass is 260 g/mol. The average molecular weight is 260 g/mol. The summed E-state index contributed by atoms with van der Waals surface area (Å²) >= 11 is 0. The van der Waals surface area contributed by atoms with Gasteiger partial charge in [-0.05, 0) is 25.2 Å². The van der Waals surface area contributed by atoms with Crippen LogP contribution in [0.1, 0.15) is 21.8 Å². The molecular formula is C14H16N2O3. The van der Waals surface area contributed by atoms with Crippen LogP contribution < -0.4 is 0 Å². The lowest BCUT2D eigenvalue weighted by atomic mass is 10.2. The van der Waals surface area contributed by atoms with Crippen molar-refractivity contribution in [3.63, 3.8) is 0 Å². The number of pyridine rings is 1. The van der Waals surface area contributed by atoms with Gasteiger partial charge in [0.2, 0.25) is 0 Å². The zero-order valence-electron chi connectivity index (χ0n) is 10.7. The second-order valence-electron chi connectivity index (χ2n) is 4.42. The Morgan fingerprint density at radius 2 is 2.32 bits per heavy atom. The highest BCUT2D eigenvalue weighted by atomic mass is 16.4. The molecule has 0 radical (unpaired) electrons. The number of carbonyl (C=O) groups is 1. The first-order valence-electron chi connectivity index (χ1n) is 6.04. The summed E-state index contributed by atoms with van der Waals surface area (Å²) in [6.07, 6.45) is 3.90. The summed E-state index contributed by atoms with van der Waals surface area (Å²) in [6, 6.07) is 7.40. The van der Waals surface area contributed by atoms with Crippen LogP contribution in [0.15, 0.2) is 41.1 Å². The lowest BCUT2D eigenvalue weighted by Crippen LogP contribution is -2.20. The maximum Gasteiger partial charge on any atom is 0.338 e. The molecule has 2 heterocycles. The van der Waals surface area contributed by atoms with Crippen molar-refractivity contribution in [2.45, 2.75) is 13.0 Å². The van der Waals surface area contributed by atoms with Gasteiger partial charge in [-0.3, -0.25) is 9.88 Å². The molecule has 5 nitrogen and oxygen atoms in total. The normalized spacial score (nSPS) is 10.8. The third-order valence-corrected chi connectivity index (χ3v) is 2.80. The van der Waals surface area contributed by atoms with E-state index in [0.29, 0.717) is 12.3 Å². The molecule has 100 valence electrons. The Kier molecular flexibility index (Phi) is 4.30. The first-order chi connectivity index (χ1) is 9.15. The molecule has 0 aromatic carbocycles. The summed E-state index contributed by atoms with van der Waals surface area (Å²) in [5, 5.41) is 8.80. The van der Waals surface area contributed by atoms with Crippen molar-refractivity contribution in [1.82, 2.24) is 9.88 Å². The molecule has 0 aliphatic carbocycles. The number of carboxylic acids is 1. The fourth-order valence-corrected chi connectivity index (χ4v) is 1.77. The summed E-state index contributed by atoms with van der Waals surface area (Å²) in [5.74, 6) is -0.313. The Hall–Kier alpha value is -2.14. The number of furan rings is 1. The van der Waals surface area contributed by atoms with Gasteiger partial charge in [0, 0.05) is 24.9 Å². The van der Waals surface area contributed by atoms with Gasteiger partial charge in [-0.1, -0.05) is 6.07 Å². The van der Waals surface area contributed by atoms with Crippen LogP contribution in [0.2, 0.25) is 0 Å². The van der Waals surface area contributed by atoms with Gasteiger partial charge in [0.25, 0.3) is 0 Å². The molecule has 0 saturated carbocycles. The van der Waals surface area contributed by atoms with E-state index in [4.69, 9.17) is 9.52 Å². The van der Waals surface area contributed by atoms with Crippen LogP contribution in [0.5, 0.6) is 0 Å². The number of aromatic nitrogens is 1. The number of likely N-dealkylation sites (N-methyl/N-ethyl adjacent to an activating group) is 1. The van der Waals surface area contributed by atoms with Crippen molar-refractivity contribution in [2.24, 2.45) is 0 Å². The molecule has 0 atom stereocenters. The predicted molar refractivity (Wildman–Crippen MR) is 69.9 cm³/mol. The molecule has 0 fully saturated rings. The van der Waals surface area contributed by atoms with E-state index in [-0.39, 0.29) is 5.56 Å². The van der Waals surface area contributed by atoms with E-state index in [2.05, 4.69) is 9.88 Å². The maximum atomic E-state index is 10.7. The molecule has 2 aromatic heterocycles. The summed E-state index contributed by atoms with van der Waals surface area (Å²) < 4.78 is 5.21. The number of carboxylic acid groups (broad SMARTS) is 1. The molecule has 0 bridgehead atoms. The molecule has 5 heteroatoms. The highest BCUT2D eigenvalue weighted by molar-refractivity contribution is 5.87. The number of hydrogen-bond donors (Lipinski definition) is 1. The predicted octanol–water partition coefficient (Wildman–Crippen LogP) is 2.05. The molecule has 19 heavy (non-hydrogen) atoms. The zero-order valence-corrected chi connectivity index (χ0v) is 10.7. The highest BCUT2D eigenvalue weighted by Crippen LogP contribution is 2.10. The molecule has 1 N–H and O–H groups in total. The third-order valence-electron chi connectivity index (χ3n) is 2.80. The first-order valence-corrected chi connectivity index (χ1v) is 6.04. The average Bonchev–Trinajstić information content (AvgIpc) is 2.86. The molecular weight excluding hydrogens is 244 g/mol. The van der Waals surface area contributed by atoms with E-state index in [0.717, 1.165) is 18.7 Å². The van der Waals surface area contributed by atoms with Gasteiger partial charge in [0.05, 0.1) is 12.1 Å². The Bertz CT molecular complexity index is 537. The van der Waals surface area contributed by atoms with Crippen molar-refractivity contribution >= 4 is 5.97 Å². The van der Waals surface area contributed by atoms with Crippen molar-refractivity contribution in [1.29, 1.82) is 0 Å². The molecule has 0 aliphatic heterocycles. The van der Waals surface area contributed by atoms with E-state index in [1.807, 2.05) is 25.2 Å². The topological polar surface area (TPSA) is 66.6 Å². The minimum absolute atomic E-state index is 0.188. The van der Waals surface area contributed by atoms with E-state index >= 15 is 0 Å². The van der Waals surface area contributed by atoms with Crippen LogP contribution in [0.4, 0.5) is 0 Å². The van der Waals surface area contributed by atoms with Crippen LogP contribution in [0, 0.1) is 0 Å². The Morgan fingerprint density at radius 1 is 1.47 bits per heavy atom. The Labute approximate surface area is 111 Å². The van der Waals surface area contributed by atoms with Gasteiger partial charge in [0.1, 0.15) is 12.0 Å². The minimum Gasteiger partial charge on any atom is -0.478 e. The van der Waals surface area contributed by atoms with Crippen molar-refractivity contribution in [3.8, 4) is 0 Å². The molecule has 0 unspecified atom stereocenters. The SMILES string of the molecule is CN(CCc1ccccn1)Cc1cc(C(=O)O)co1. The van der Waals surface area contributed by atoms with Crippen molar-refractivity contribution in [2.75, 3.05) is 13.6 Å². The Morgan fingerprint density at radius 3 is 2.95 bits per heavy atom. The number of hydrogen-bond acceptors (Lipinski definition) is 4. The fraction of sp³-hybridized carbons (Fsp3) is 0.286. The first kappa shape index (κ1) is 13.3. The zero-order chi connectivity index (χ0) is 13.7. The lowest BCUT2D eigenvalue weighted by Gasteiger charge is -2.14. The van der Waals surface area contributed by atoms with E-state index < -0.39 is 5.97 Å². The summed E-state index contributed by atoms with van der Waals surface area (Å²) in [5.41, 5.74) is 1.23. The van der Waals surface area contributed by atoms with Gasteiger partial charge in [-0.25, -0.2) is 4.79 Å². The molecule has 0 aliphatic rings. The molecule has 2 rings (SSSR count). The number of aromatic carboxylic acids is 1. The molecule has 0 amide bonds.